The molecule has 1 heterocycles. The molecule has 0 radical (unpaired) electrons. The smallest absolute Gasteiger partial charge is 0.201 e. The first-order chi connectivity index (χ1) is 8.75. The zero-order chi connectivity index (χ0) is 12.5. The van der Waals surface area contributed by atoms with E-state index in [9.17, 15) is 0 Å². The Bertz CT molecular complexity index is 271. The van der Waals surface area contributed by atoms with Crippen LogP contribution >= 0.6 is 0 Å². The summed E-state index contributed by atoms with van der Waals surface area (Å²) in [6, 6.07) is 0. The average molecular weight is 254 g/mol. The lowest BCUT2D eigenvalue weighted by molar-refractivity contribution is -0.523. The van der Waals surface area contributed by atoms with E-state index in [1.807, 2.05) is 0 Å². The molecule has 3 nitrogen and oxygen atoms in total. The van der Waals surface area contributed by atoms with Gasteiger partial charge in [-0.15, -0.1) is 0 Å². The van der Waals surface area contributed by atoms with E-state index in [4.69, 9.17) is 14.5 Å². The van der Waals surface area contributed by atoms with Crippen molar-refractivity contribution in [1.29, 1.82) is 0 Å². The highest BCUT2D eigenvalue weighted by molar-refractivity contribution is 4.91. The van der Waals surface area contributed by atoms with Gasteiger partial charge in [-0.2, -0.15) is 0 Å². The minimum absolute atomic E-state index is 0.157. The fourth-order valence-corrected chi connectivity index (χ4v) is 3.68. The molecule has 104 valence electrons. The molecular formula is C15H26O3. The first-order valence-corrected chi connectivity index (χ1v) is 7.76. The molecule has 2 atom stereocenters. The van der Waals surface area contributed by atoms with Crippen LogP contribution < -0.4 is 0 Å². The van der Waals surface area contributed by atoms with Crippen molar-refractivity contribution in [2.24, 2.45) is 5.92 Å². The Kier molecular flexibility index (Phi) is 3.65. The highest BCUT2D eigenvalue weighted by Gasteiger charge is 2.50. The topological polar surface area (TPSA) is 27.7 Å². The van der Waals surface area contributed by atoms with Crippen LogP contribution in [0.2, 0.25) is 0 Å². The predicted octanol–water partition coefficient (Wildman–Crippen LogP) is 3.96. The molecule has 3 aliphatic rings. The van der Waals surface area contributed by atoms with Gasteiger partial charge in [-0.1, -0.05) is 32.6 Å². The Morgan fingerprint density at radius 1 is 0.833 bits per heavy atom. The molecule has 1 aliphatic heterocycles. The van der Waals surface area contributed by atoms with Gasteiger partial charge in [-0.05, 0) is 31.6 Å². The first kappa shape index (κ1) is 12.9. The minimum Gasteiger partial charge on any atom is -0.344 e. The quantitative estimate of drug-likeness (QED) is 0.612. The fraction of sp³-hybridized carbons (Fsp3) is 1.00. The van der Waals surface area contributed by atoms with E-state index < -0.39 is 5.79 Å². The van der Waals surface area contributed by atoms with Crippen molar-refractivity contribution >= 4 is 0 Å². The summed E-state index contributed by atoms with van der Waals surface area (Å²) in [5.74, 6) is 0.133. The van der Waals surface area contributed by atoms with Gasteiger partial charge in [-0.25, -0.2) is 9.78 Å². The normalized spacial score (nSPS) is 40.8. The summed E-state index contributed by atoms with van der Waals surface area (Å²) in [5, 5.41) is 0. The SMILES string of the molecule is CC1CCCCC12COC1(CCCCCC1)OO2. The van der Waals surface area contributed by atoms with Crippen molar-refractivity contribution in [1.82, 2.24) is 0 Å². The Balaban J connectivity index is 1.65. The second-order valence-electron chi connectivity index (χ2n) is 6.49. The van der Waals surface area contributed by atoms with Crippen LogP contribution in [0.1, 0.15) is 71.1 Å². The predicted molar refractivity (Wildman–Crippen MR) is 68.9 cm³/mol. The second kappa shape index (κ2) is 5.10. The third-order valence-electron chi connectivity index (χ3n) is 5.19. The molecule has 18 heavy (non-hydrogen) atoms. The number of hydrogen-bond acceptors (Lipinski definition) is 3. The van der Waals surface area contributed by atoms with Crippen LogP contribution in [-0.4, -0.2) is 18.0 Å². The highest BCUT2D eigenvalue weighted by Crippen LogP contribution is 2.44. The Morgan fingerprint density at radius 2 is 1.56 bits per heavy atom. The third-order valence-corrected chi connectivity index (χ3v) is 5.19. The van der Waals surface area contributed by atoms with Crippen molar-refractivity contribution in [2.45, 2.75) is 82.5 Å². The number of ether oxygens (including phenoxy) is 1. The standard InChI is InChI=1S/C15H26O3/c1-13-8-4-7-9-14(13)12-16-15(18-17-14)10-5-2-3-6-11-15/h13H,2-12H2,1H3. The molecule has 3 heteroatoms. The van der Waals surface area contributed by atoms with E-state index in [1.165, 1.54) is 44.9 Å². The van der Waals surface area contributed by atoms with Crippen LogP contribution in [0.4, 0.5) is 0 Å². The number of rotatable bonds is 0. The Labute approximate surface area is 110 Å². The molecule has 2 aliphatic carbocycles. The van der Waals surface area contributed by atoms with Crippen LogP contribution in [0.25, 0.3) is 0 Å². The van der Waals surface area contributed by atoms with Gasteiger partial charge in [0, 0.05) is 12.8 Å². The van der Waals surface area contributed by atoms with Crippen molar-refractivity contribution in [3.8, 4) is 0 Å². The van der Waals surface area contributed by atoms with Crippen molar-refractivity contribution in [3.63, 3.8) is 0 Å². The molecule has 0 bridgehead atoms. The molecule has 2 unspecified atom stereocenters. The van der Waals surface area contributed by atoms with E-state index in [-0.39, 0.29) is 5.60 Å². The average Bonchev–Trinajstić information content (AvgIpc) is 2.63. The molecule has 0 amide bonds. The van der Waals surface area contributed by atoms with Crippen molar-refractivity contribution in [2.75, 3.05) is 6.61 Å². The number of hydrogen-bond donors (Lipinski definition) is 0. The summed E-state index contributed by atoms with van der Waals surface area (Å²) in [5.41, 5.74) is -0.157. The largest absolute Gasteiger partial charge is 0.344 e. The summed E-state index contributed by atoms with van der Waals surface area (Å²) < 4.78 is 6.20. The van der Waals surface area contributed by atoms with Gasteiger partial charge < -0.3 is 4.74 Å². The second-order valence-corrected chi connectivity index (χ2v) is 6.49. The van der Waals surface area contributed by atoms with Crippen LogP contribution in [0, 0.1) is 5.92 Å². The maximum Gasteiger partial charge on any atom is 0.201 e. The highest BCUT2D eigenvalue weighted by atomic mass is 17.2. The van der Waals surface area contributed by atoms with Crippen LogP contribution in [0.3, 0.4) is 0 Å². The van der Waals surface area contributed by atoms with Gasteiger partial charge in [0.15, 0.2) is 0 Å². The Hall–Kier alpha value is -0.120. The van der Waals surface area contributed by atoms with Gasteiger partial charge in [-0.3, -0.25) is 0 Å². The van der Waals surface area contributed by atoms with Crippen molar-refractivity contribution in [3.05, 3.63) is 0 Å². The first-order valence-electron chi connectivity index (χ1n) is 7.76. The maximum absolute atomic E-state index is 6.20. The van der Waals surface area contributed by atoms with Crippen LogP contribution in [0.5, 0.6) is 0 Å². The fourth-order valence-electron chi connectivity index (χ4n) is 3.68. The molecule has 1 saturated heterocycles. The molecule has 2 spiro atoms. The van der Waals surface area contributed by atoms with Gasteiger partial charge >= 0.3 is 0 Å². The molecule has 2 saturated carbocycles. The van der Waals surface area contributed by atoms with E-state index in [1.54, 1.807) is 0 Å². The van der Waals surface area contributed by atoms with Gasteiger partial charge in [0.25, 0.3) is 0 Å². The van der Waals surface area contributed by atoms with Gasteiger partial charge in [0.1, 0.15) is 5.60 Å². The molecular weight excluding hydrogens is 228 g/mol. The molecule has 0 aromatic rings. The van der Waals surface area contributed by atoms with Crippen molar-refractivity contribution < 1.29 is 14.5 Å². The van der Waals surface area contributed by atoms with E-state index in [0.29, 0.717) is 5.92 Å². The van der Waals surface area contributed by atoms with Crippen LogP contribution in [-0.2, 0) is 14.5 Å². The minimum atomic E-state index is -0.418. The summed E-state index contributed by atoms with van der Waals surface area (Å²) in [6.45, 7) is 3.01. The lowest BCUT2D eigenvalue weighted by atomic mass is 9.76. The molecule has 3 rings (SSSR count). The molecule has 0 aromatic heterocycles. The lowest BCUT2D eigenvalue weighted by Crippen LogP contribution is -2.56. The molecule has 3 fully saturated rings. The van der Waals surface area contributed by atoms with E-state index >= 15 is 0 Å². The monoisotopic (exact) mass is 254 g/mol. The zero-order valence-corrected chi connectivity index (χ0v) is 11.6. The van der Waals surface area contributed by atoms with E-state index in [2.05, 4.69) is 6.92 Å². The maximum atomic E-state index is 6.20. The van der Waals surface area contributed by atoms with E-state index in [0.717, 1.165) is 25.9 Å². The molecule has 0 aromatic carbocycles. The summed E-state index contributed by atoms with van der Waals surface area (Å²) >= 11 is 0. The van der Waals surface area contributed by atoms with Crippen LogP contribution in [0.15, 0.2) is 0 Å². The van der Waals surface area contributed by atoms with Gasteiger partial charge in [0.05, 0.1) is 6.61 Å². The molecule has 0 N–H and O–H groups in total. The Morgan fingerprint density at radius 3 is 2.17 bits per heavy atom. The third kappa shape index (κ3) is 2.33. The zero-order valence-electron chi connectivity index (χ0n) is 11.6. The van der Waals surface area contributed by atoms with Gasteiger partial charge in [0.2, 0.25) is 5.79 Å². The lowest BCUT2D eigenvalue weighted by Gasteiger charge is -2.49. The summed E-state index contributed by atoms with van der Waals surface area (Å²) in [6.07, 6.45) is 11.9. The summed E-state index contributed by atoms with van der Waals surface area (Å²) in [4.78, 5) is 11.8. The summed E-state index contributed by atoms with van der Waals surface area (Å²) in [7, 11) is 0.